The number of imide groups is 1. The van der Waals surface area contributed by atoms with Crippen LogP contribution in [0.1, 0.15) is 23.2 Å². The molecule has 1 N–H and O–H groups in total. The first-order valence-electron chi connectivity index (χ1n) is 7.28. The summed E-state index contributed by atoms with van der Waals surface area (Å²) in [7, 11) is 0. The molecule has 0 radical (unpaired) electrons. The minimum absolute atomic E-state index is 0.205. The first-order valence-corrected chi connectivity index (χ1v) is 8.42. The molecule has 0 saturated carbocycles. The van der Waals surface area contributed by atoms with E-state index >= 15 is 0 Å². The van der Waals surface area contributed by atoms with Crippen LogP contribution in [0.3, 0.4) is 0 Å². The van der Waals surface area contributed by atoms with Crippen LogP contribution < -0.4 is 10.2 Å². The van der Waals surface area contributed by atoms with Crippen LogP contribution in [0.5, 0.6) is 0 Å². The second-order valence-electron chi connectivity index (χ2n) is 5.37. The van der Waals surface area contributed by atoms with Crippen LogP contribution in [-0.4, -0.2) is 17.7 Å². The predicted molar refractivity (Wildman–Crippen MR) is 97.6 cm³/mol. The summed E-state index contributed by atoms with van der Waals surface area (Å²) >= 11 is 17.8. The van der Waals surface area contributed by atoms with Gasteiger partial charge in [0.05, 0.1) is 26.4 Å². The van der Waals surface area contributed by atoms with E-state index in [4.69, 9.17) is 34.8 Å². The molecule has 1 saturated heterocycles. The monoisotopic (exact) mass is 396 g/mol. The van der Waals surface area contributed by atoms with Crippen molar-refractivity contribution in [2.24, 2.45) is 0 Å². The Morgan fingerprint density at radius 3 is 2.04 bits per heavy atom. The van der Waals surface area contributed by atoms with Crippen LogP contribution in [0.4, 0.5) is 11.4 Å². The average Bonchev–Trinajstić information content (AvgIpc) is 2.91. The quantitative estimate of drug-likeness (QED) is 0.610. The first-order chi connectivity index (χ1) is 11.9. The fourth-order valence-corrected chi connectivity index (χ4v) is 3.03. The van der Waals surface area contributed by atoms with Gasteiger partial charge >= 0.3 is 0 Å². The van der Waals surface area contributed by atoms with Crippen molar-refractivity contribution in [2.45, 2.75) is 12.8 Å². The summed E-state index contributed by atoms with van der Waals surface area (Å²) in [5.74, 6) is -0.902. The SMILES string of the molecule is O=C(Nc1cc(Cl)c(Cl)cc1Cl)c1ccc(N2C(=O)CCC2=O)cc1. The van der Waals surface area contributed by atoms with Gasteiger partial charge in [0.15, 0.2) is 0 Å². The third-order valence-electron chi connectivity index (χ3n) is 3.70. The number of carbonyl (C=O) groups excluding carboxylic acids is 3. The van der Waals surface area contributed by atoms with Crippen molar-refractivity contribution in [3.63, 3.8) is 0 Å². The number of benzene rings is 2. The molecule has 0 atom stereocenters. The van der Waals surface area contributed by atoms with E-state index in [0.717, 1.165) is 4.90 Å². The second-order valence-corrected chi connectivity index (χ2v) is 6.59. The van der Waals surface area contributed by atoms with Gasteiger partial charge in [-0.25, -0.2) is 0 Å². The third kappa shape index (κ3) is 3.63. The number of nitrogens with one attached hydrogen (secondary N) is 1. The van der Waals surface area contributed by atoms with Crippen molar-refractivity contribution < 1.29 is 14.4 Å². The zero-order valence-electron chi connectivity index (χ0n) is 12.7. The standard InChI is InChI=1S/C17H11Cl3N2O3/c18-11-7-13(20)14(8-12(11)19)21-17(25)9-1-3-10(4-2-9)22-15(23)5-6-16(22)24/h1-4,7-8H,5-6H2,(H,21,25). The molecule has 2 aromatic rings. The van der Waals surface area contributed by atoms with Crippen molar-refractivity contribution in [1.82, 2.24) is 0 Å². The smallest absolute Gasteiger partial charge is 0.255 e. The fourth-order valence-electron chi connectivity index (χ4n) is 2.44. The maximum atomic E-state index is 12.3. The Balaban J connectivity index is 1.78. The lowest BCUT2D eigenvalue weighted by atomic mass is 10.1. The van der Waals surface area contributed by atoms with Crippen LogP contribution in [0.2, 0.25) is 15.1 Å². The Morgan fingerprint density at radius 1 is 0.880 bits per heavy atom. The van der Waals surface area contributed by atoms with Gasteiger partial charge in [0.2, 0.25) is 11.8 Å². The number of amides is 3. The molecule has 0 spiro atoms. The molecule has 25 heavy (non-hydrogen) atoms. The Labute approximate surface area is 158 Å². The number of halogens is 3. The largest absolute Gasteiger partial charge is 0.321 e. The topological polar surface area (TPSA) is 66.5 Å². The van der Waals surface area contributed by atoms with Gasteiger partial charge in [0.1, 0.15) is 0 Å². The number of hydrogen-bond donors (Lipinski definition) is 1. The molecule has 0 unspecified atom stereocenters. The lowest BCUT2D eigenvalue weighted by molar-refractivity contribution is -0.121. The molecule has 1 aliphatic heterocycles. The van der Waals surface area contributed by atoms with Gasteiger partial charge in [0, 0.05) is 18.4 Å². The van der Waals surface area contributed by atoms with Crippen LogP contribution in [-0.2, 0) is 9.59 Å². The minimum atomic E-state index is -0.411. The highest BCUT2D eigenvalue weighted by Gasteiger charge is 2.30. The average molecular weight is 398 g/mol. The zero-order chi connectivity index (χ0) is 18.1. The van der Waals surface area contributed by atoms with E-state index in [1.54, 1.807) is 12.1 Å². The molecular formula is C17H11Cl3N2O3. The van der Waals surface area contributed by atoms with Crippen molar-refractivity contribution >= 4 is 63.9 Å². The summed E-state index contributed by atoms with van der Waals surface area (Å²) in [6.45, 7) is 0. The zero-order valence-corrected chi connectivity index (χ0v) is 15.0. The Kier molecular flexibility index (Phi) is 4.99. The highest BCUT2D eigenvalue weighted by Crippen LogP contribution is 2.32. The number of rotatable bonds is 3. The molecule has 3 rings (SSSR count). The van der Waals surface area contributed by atoms with E-state index in [1.165, 1.54) is 24.3 Å². The summed E-state index contributed by atoms with van der Waals surface area (Å²) in [4.78, 5) is 36.9. The highest BCUT2D eigenvalue weighted by molar-refractivity contribution is 6.44. The summed E-state index contributed by atoms with van der Waals surface area (Å²) in [6, 6.07) is 9.04. The molecule has 0 aromatic heterocycles. The van der Waals surface area contributed by atoms with E-state index in [2.05, 4.69) is 5.32 Å². The van der Waals surface area contributed by atoms with Crippen molar-refractivity contribution in [3.8, 4) is 0 Å². The summed E-state index contributed by atoms with van der Waals surface area (Å²) < 4.78 is 0. The van der Waals surface area contributed by atoms with Gasteiger partial charge in [-0.1, -0.05) is 34.8 Å². The predicted octanol–water partition coefficient (Wildman–Crippen LogP) is 4.55. The van der Waals surface area contributed by atoms with Gasteiger partial charge in [-0.05, 0) is 36.4 Å². The first kappa shape index (κ1) is 17.7. The Bertz CT molecular complexity index is 865. The Morgan fingerprint density at radius 2 is 1.44 bits per heavy atom. The molecular weight excluding hydrogens is 387 g/mol. The highest BCUT2D eigenvalue weighted by atomic mass is 35.5. The maximum Gasteiger partial charge on any atom is 0.255 e. The van der Waals surface area contributed by atoms with E-state index in [0.29, 0.717) is 16.9 Å². The molecule has 1 heterocycles. The molecule has 0 aliphatic carbocycles. The van der Waals surface area contributed by atoms with Crippen LogP contribution in [0, 0.1) is 0 Å². The van der Waals surface area contributed by atoms with Crippen LogP contribution in [0.15, 0.2) is 36.4 Å². The minimum Gasteiger partial charge on any atom is -0.321 e. The molecule has 128 valence electrons. The lowest BCUT2D eigenvalue weighted by Gasteiger charge is -2.14. The normalized spacial score (nSPS) is 14.1. The lowest BCUT2D eigenvalue weighted by Crippen LogP contribution is -2.28. The molecule has 2 aromatic carbocycles. The van der Waals surface area contributed by atoms with Gasteiger partial charge in [0.25, 0.3) is 5.91 Å². The van der Waals surface area contributed by atoms with Crippen molar-refractivity contribution in [1.29, 1.82) is 0 Å². The van der Waals surface area contributed by atoms with Gasteiger partial charge in [-0.2, -0.15) is 0 Å². The van der Waals surface area contributed by atoms with Gasteiger partial charge < -0.3 is 5.32 Å². The number of carbonyl (C=O) groups is 3. The van der Waals surface area contributed by atoms with Crippen LogP contribution in [0.25, 0.3) is 0 Å². The fraction of sp³-hybridized carbons (Fsp3) is 0.118. The van der Waals surface area contributed by atoms with E-state index in [-0.39, 0.29) is 39.7 Å². The second kappa shape index (κ2) is 7.04. The molecule has 1 fully saturated rings. The maximum absolute atomic E-state index is 12.3. The molecule has 5 nitrogen and oxygen atoms in total. The third-order valence-corrected chi connectivity index (χ3v) is 4.73. The van der Waals surface area contributed by atoms with Gasteiger partial charge in [-0.3, -0.25) is 19.3 Å². The molecule has 3 amide bonds. The van der Waals surface area contributed by atoms with E-state index in [1.807, 2.05) is 0 Å². The molecule has 0 bridgehead atoms. The number of anilines is 2. The Hall–Kier alpha value is -2.08. The van der Waals surface area contributed by atoms with Crippen molar-refractivity contribution in [2.75, 3.05) is 10.2 Å². The summed E-state index contributed by atoms with van der Waals surface area (Å²) in [5, 5.41) is 3.45. The number of hydrogen-bond acceptors (Lipinski definition) is 3. The molecule has 8 heteroatoms. The van der Waals surface area contributed by atoms with Crippen molar-refractivity contribution in [3.05, 3.63) is 57.0 Å². The van der Waals surface area contributed by atoms with Crippen LogP contribution >= 0.6 is 34.8 Å². The van der Waals surface area contributed by atoms with E-state index < -0.39 is 5.91 Å². The van der Waals surface area contributed by atoms with E-state index in [9.17, 15) is 14.4 Å². The molecule has 1 aliphatic rings. The van der Waals surface area contributed by atoms with Gasteiger partial charge in [-0.15, -0.1) is 0 Å². The summed E-state index contributed by atoms with van der Waals surface area (Å²) in [6.07, 6.45) is 0.411. The number of nitrogens with zero attached hydrogens (tertiary/aromatic N) is 1. The summed E-state index contributed by atoms with van der Waals surface area (Å²) in [5.41, 5.74) is 1.11.